The van der Waals surface area contributed by atoms with Crippen LogP contribution >= 0.6 is 0 Å². The van der Waals surface area contributed by atoms with Gasteiger partial charge in [0.2, 0.25) is 0 Å². The molecule has 9 nitrogen and oxygen atoms in total. The zero-order valence-electron chi connectivity index (χ0n) is 15.4. The van der Waals surface area contributed by atoms with Crippen LogP contribution in [0.15, 0.2) is 42.6 Å². The van der Waals surface area contributed by atoms with Gasteiger partial charge in [0.1, 0.15) is 5.75 Å². The van der Waals surface area contributed by atoms with E-state index in [0.29, 0.717) is 23.1 Å². The molecule has 28 heavy (non-hydrogen) atoms. The largest absolute Gasteiger partial charge is 0.497 e. The molecule has 3 aromatic rings. The van der Waals surface area contributed by atoms with Gasteiger partial charge in [-0.05, 0) is 42.3 Å². The van der Waals surface area contributed by atoms with E-state index in [0.717, 1.165) is 28.1 Å². The highest BCUT2D eigenvalue weighted by molar-refractivity contribution is 6.02. The van der Waals surface area contributed by atoms with E-state index in [4.69, 9.17) is 9.47 Å². The lowest BCUT2D eigenvalue weighted by Gasteiger charge is -2.21. The number of rotatable bonds is 3. The van der Waals surface area contributed by atoms with Gasteiger partial charge in [0.15, 0.2) is 0 Å². The number of urea groups is 1. The molecule has 2 amide bonds. The number of fused-ring (bicyclic) bond motifs is 2. The van der Waals surface area contributed by atoms with Gasteiger partial charge in [-0.1, -0.05) is 6.07 Å². The Morgan fingerprint density at radius 1 is 1.18 bits per heavy atom. The molecule has 1 aromatic heterocycles. The summed E-state index contributed by atoms with van der Waals surface area (Å²) in [6.45, 7) is 0.667. The maximum absolute atomic E-state index is 12.5. The van der Waals surface area contributed by atoms with E-state index in [1.54, 1.807) is 30.3 Å². The monoisotopic (exact) mass is 381 g/mol. The minimum atomic E-state index is -0.597. The second-order valence-electron chi connectivity index (χ2n) is 6.23. The molecular formula is C19H19N5O4. The van der Waals surface area contributed by atoms with Crippen LogP contribution in [0, 0.1) is 0 Å². The lowest BCUT2D eigenvalue weighted by atomic mass is 10.1. The molecule has 2 N–H and O–H groups in total. The maximum atomic E-state index is 12.5. The number of nitrogens with one attached hydrogen (secondary N) is 2. The second kappa shape index (κ2) is 7.10. The number of carbonyl (C=O) groups excluding carboxylic acids is 2. The molecule has 0 unspecified atom stereocenters. The number of methoxy groups -OCH3 is 2. The van der Waals surface area contributed by atoms with Crippen LogP contribution in [-0.4, -0.2) is 42.7 Å². The molecule has 144 valence electrons. The summed E-state index contributed by atoms with van der Waals surface area (Å²) in [4.78, 5) is 24.3. The number of nitrogens with zero attached hydrogens (tertiary/aromatic N) is 3. The van der Waals surface area contributed by atoms with Gasteiger partial charge in [-0.15, -0.1) is 0 Å². The first-order chi connectivity index (χ1) is 13.6. The summed E-state index contributed by atoms with van der Waals surface area (Å²) < 4.78 is 11.1. The third-order valence-electron chi connectivity index (χ3n) is 4.63. The number of hydrogen-bond donors (Lipinski definition) is 2. The molecule has 0 atom stereocenters. The van der Waals surface area contributed by atoms with Gasteiger partial charge in [-0.2, -0.15) is 9.78 Å². The van der Waals surface area contributed by atoms with Crippen LogP contribution in [0.3, 0.4) is 0 Å². The topological polar surface area (TPSA) is 97.7 Å². The minimum Gasteiger partial charge on any atom is -0.497 e. The number of hydrazine groups is 1. The van der Waals surface area contributed by atoms with Crippen LogP contribution in [0.5, 0.6) is 5.75 Å². The van der Waals surface area contributed by atoms with Crippen LogP contribution in [-0.2, 0) is 11.2 Å². The Labute approximate surface area is 160 Å². The summed E-state index contributed by atoms with van der Waals surface area (Å²) >= 11 is 0. The average Bonchev–Trinajstić information content (AvgIpc) is 3.32. The van der Waals surface area contributed by atoms with E-state index in [9.17, 15) is 9.59 Å². The molecule has 0 radical (unpaired) electrons. The van der Waals surface area contributed by atoms with Gasteiger partial charge >= 0.3 is 12.1 Å². The zero-order valence-corrected chi connectivity index (χ0v) is 15.4. The molecule has 0 spiro atoms. The molecule has 9 heteroatoms. The zero-order chi connectivity index (χ0) is 19.7. The third kappa shape index (κ3) is 3.07. The van der Waals surface area contributed by atoms with Gasteiger partial charge in [-0.25, -0.2) is 15.0 Å². The van der Waals surface area contributed by atoms with Crippen molar-refractivity contribution in [2.24, 2.45) is 0 Å². The SMILES string of the molecule is COC(=O)n1ncc2c(NC(=O)NN3CCc4cc(OC)ccc43)cccc21. The highest BCUT2D eigenvalue weighted by Gasteiger charge is 2.22. The van der Waals surface area contributed by atoms with Gasteiger partial charge in [0, 0.05) is 11.9 Å². The smallest absolute Gasteiger partial charge is 0.434 e. The van der Waals surface area contributed by atoms with E-state index in [2.05, 4.69) is 15.8 Å². The number of aromatic nitrogens is 2. The van der Waals surface area contributed by atoms with E-state index < -0.39 is 6.09 Å². The summed E-state index contributed by atoms with van der Waals surface area (Å²) in [5.74, 6) is 0.791. The van der Waals surface area contributed by atoms with Crippen molar-refractivity contribution in [1.82, 2.24) is 15.2 Å². The van der Waals surface area contributed by atoms with E-state index in [1.807, 2.05) is 18.2 Å². The van der Waals surface area contributed by atoms with E-state index in [-0.39, 0.29) is 6.03 Å². The number of carbonyl (C=O) groups is 2. The Morgan fingerprint density at radius 3 is 2.82 bits per heavy atom. The van der Waals surface area contributed by atoms with E-state index in [1.165, 1.54) is 13.3 Å². The number of amides is 2. The number of hydrogen-bond acceptors (Lipinski definition) is 6. The number of anilines is 2. The highest BCUT2D eigenvalue weighted by Crippen LogP contribution is 2.30. The molecular weight excluding hydrogens is 362 g/mol. The third-order valence-corrected chi connectivity index (χ3v) is 4.63. The molecule has 0 fully saturated rings. The molecule has 1 aliphatic heterocycles. The van der Waals surface area contributed by atoms with Crippen LogP contribution < -0.4 is 20.5 Å². The fourth-order valence-electron chi connectivity index (χ4n) is 3.29. The Balaban J connectivity index is 1.51. The molecule has 0 bridgehead atoms. The van der Waals surface area contributed by atoms with Crippen molar-refractivity contribution < 1.29 is 19.1 Å². The minimum absolute atomic E-state index is 0.387. The number of benzene rings is 2. The van der Waals surface area contributed by atoms with Gasteiger partial charge in [-0.3, -0.25) is 5.01 Å². The van der Waals surface area contributed by atoms with Crippen LogP contribution in [0.1, 0.15) is 5.56 Å². The van der Waals surface area contributed by atoms with Crippen molar-refractivity contribution in [3.05, 3.63) is 48.2 Å². The molecule has 0 aliphatic carbocycles. The average molecular weight is 381 g/mol. The lowest BCUT2D eigenvalue weighted by Crippen LogP contribution is -2.43. The molecule has 0 saturated heterocycles. The van der Waals surface area contributed by atoms with Gasteiger partial charge in [0.25, 0.3) is 0 Å². The number of ether oxygens (including phenoxy) is 2. The van der Waals surface area contributed by atoms with Crippen molar-refractivity contribution >= 4 is 34.4 Å². The van der Waals surface area contributed by atoms with Gasteiger partial charge in [0.05, 0.1) is 37.3 Å². The first kappa shape index (κ1) is 17.7. The van der Waals surface area contributed by atoms with Crippen molar-refractivity contribution in [2.45, 2.75) is 6.42 Å². The van der Waals surface area contributed by atoms with Crippen molar-refractivity contribution in [3.63, 3.8) is 0 Å². The van der Waals surface area contributed by atoms with Crippen molar-refractivity contribution in [3.8, 4) is 5.75 Å². The Morgan fingerprint density at radius 2 is 2.04 bits per heavy atom. The second-order valence-corrected chi connectivity index (χ2v) is 6.23. The Hall–Kier alpha value is -3.75. The fraction of sp³-hybridized carbons (Fsp3) is 0.211. The summed E-state index contributed by atoms with van der Waals surface area (Å²) in [6.07, 6.45) is 1.73. The van der Waals surface area contributed by atoms with Crippen LogP contribution in [0.4, 0.5) is 21.0 Å². The van der Waals surface area contributed by atoms with Crippen LogP contribution in [0.2, 0.25) is 0 Å². The van der Waals surface area contributed by atoms with Crippen LogP contribution in [0.25, 0.3) is 10.9 Å². The standard InChI is InChI=1S/C19H19N5O4/c1-27-13-6-7-16-12(10-13)8-9-23(16)22-18(25)21-15-4-3-5-17-14(15)11-20-24(17)19(26)28-2/h3-7,10-11H,8-9H2,1-2H3,(H2,21,22,25). The first-order valence-corrected chi connectivity index (χ1v) is 8.68. The quantitative estimate of drug-likeness (QED) is 0.724. The Kier molecular flexibility index (Phi) is 4.48. The fourth-order valence-corrected chi connectivity index (χ4v) is 3.29. The van der Waals surface area contributed by atoms with E-state index >= 15 is 0 Å². The predicted octanol–water partition coefficient (Wildman–Crippen LogP) is 2.76. The summed E-state index contributed by atoms with van der Waals surface area (Å²) in [5.41, 5.74) is 5.99. The molecule has 4 rings (SSSR count). The normalized spacial score (nSPS) is 12.6. The summed E-state index contributed by atoms with van der Waals surface area (Å²) in [5, 5.41) is 9.27. The van der Waals surface area contributed by atoms with Crippen molar-refractivity contribution in [1.29, 1.82) is 0 Å². The Bertz CT molecular complexity index is 1060. The molecule has 0 saturated carbocycles. The molecule has 1 aliphatic rings. The maximum Gasteiger partial charge on any atom is 0.434 e. The highest BCUT2D eigenvalue weighted by atomic mass is 16.5. The predicted molar refractivity (Wildman–Crippen MR) is 104 cm³/mol. The van der Waals surface area contributed by atoms with Crippen molar-refractivity contribution in [2.75, 3.05) is 31.1 Å². The van der Waals surface area contributed by atoms with Gasteiger partial charge < -0.3 is 14.8 Å². The molecule has 2 heterocycles. The lowest BCUT2D eigenvalue weighted by molar-refractivity contribution is 0.170. The first-order valence-electron chi connectivity index (χ1n) is 8.68. The summed E-state index contributed by atoms with van der Waals surface area (Å²) in [7, 11) is 2.91. The summed E-state index contributed by atoms with van der Waals surface area (Å²) in [6, 6.07) is 10.6. The molecule has 2 aromatic carbocycles.